The molecule has 0 bridgehead atoms. The highest BCUT2D eigenvalue weighted by atomic mass is 79.9. The van der Waals surface area contributed by atoms with Crippen molar-refractivity contribution in [3.63, 3.8) is 0 Å². The van der Waals surface area contributed by atoms with Crippen LogP contribution in [0.4, 0.5) is 10.5 Å². The van der Waals surface area contributed by atoms with Gasteiger partial charge in [0.15, 0.2) is 11.5 Å². The first-order valence-electron chi connectivity index (χ1n) is 9.36. The number of urea groups is 1. The Morgan fingerprint density at radius 2 is 1.87 bits per heavy atom. The van der Waals surface area contributed by atoms with E-state index in [0.29, 0.717) is 30.2 Å². The molecule has 2 aromatic rings. The Kier molecular flexibility index (Phi) is 7.15. The van der Waals surface area contributed by atoms with Gasteiger partial charge in [0.05, 0.1) is 32.9 Å². The Hall–Kier alpha value is -3.51. The standard InChI is InChI=1S/C22H21BrN4O4/c1-4-24-22(29)25-16-7-5-14(6-8-16)18-9-10-27(26-18)21(28)12-15-11-19(30-2)20(31-3)13-17(15)23/h1,5-8,11,13H,9-10,12H2,2-3H3,(H2,24,25,29). The number of carbonyl (C=O) groups is 2. The van der Waals surface area contributed by atoms with Crippen molar-refractivity contribution in [3.05, 3.63) is 52.0 Å². The van der Waals surface area contributed by atoms with Gasteiger partial charge in [0, 0.05) is 22.6 Å². The van der Waals surface area contributed by atoms with E-state index in [2.05, 4.69) is 37.7 Å². The minimum atomic E-state index is -0.480. The van der Waals surface area contributed by atoms with Crippen LogP contribution >= 0.6 is 15.9 Å². The molecule has 0 spiro atoms. The summed E-state index contributed by atoms with van der Waals surface area (Å²) < 4.78 is 11.4. The second-order valence-corrected chi connectivity index (χ2v) is 7.44. The fourth-order valence-corrected chi connectivity index (χ4v) is 3.56. The summed E-state index contributed by atoms with van der Waals surface area (Å²) in [7, 11) is 3.11. The van der Waals surface area contributed by atoms with Crippen LogP contribution in [0.25, 0.3) is 0 Å². The van der Waals surface area contributed by atoms with Crippen LogP contribution in [0, 0.1) is 12.5 Å². The number of benzene rings is 2. The summed E-state index contributed by atoms with van der Waals surface area (Å²) in [5, 5.41) is 10.8. The number of hydrazone groups is 1. The number of hydrogen-bond acceptors (Lipinski definition) is 5. The predicted molar refractivity (Wildman–Crippen MR) is 121 cm³/mol. The topological polar surface area (TPSA) is 92.3 Å². The van der Waals surface area contributed by atoms with Crippen molar-refractivity contribution in [1.82, 2.24) is 10.3 Å². The van der Waals surface area contributed by atoms with Gasteiger partial charge in [-0.25, -0.2) is 9.80 Å². The number of rotatable bonds is 6. The van der Waals surface area contributed by atoms with E-state index in [1.807, 2.05) is 12.1 Å². The lowest BCUT2D eigenvalue weighted by atomic mass is 10.1. The first-order valence-corrected chi connectivity index (χ1v) is 10.2. The van der Waals surface area contributed by atoms with E-state index in [0.717, 1.165) is 21.3 Å². The van der Waals surface area contributed by atoms with E-state index < -0.39 is 6.03 Å². The zero-order valence-corrected chi connectivity index (χ0v) is 18.7. The molecule has 31 heavy (non-hydrogen) atoms. The van der Waals surface area contributed by atoms with E-state index >= 15 is 0 Å². The summed E-state index contributed by atoms with van der Waals surface area (Å²) in [5.41, 5.74) is 3.07. The summed E-state index contributed by atoms with van der Waals surface area (Å²) in [5.74, 6) is 1.03. The molecule has 0 radical (unpaired) electrons. The summed E-state index contributed by atoms with van der Waals surface area (Å²) in [6.07, 6.45) is 5.84. The number of nitrogens with zero attached hydrogens (tertiary/aromatic N) is 2. The molecule has 1 aliphatic heterocycles. The first-order chi connectivity index (χ1) is 14.9. The summed E-state index contributed by atoms with van der Waals surface area (Å²) in [4.78, 5) is 24.3. The maximum Gasteiger partial charge on any atom is 0.330 e. The highest BCUT2D eigenvalue weighted by Gasteiger charge is 2.23. The zero-order chi connectivity index (χ0) is 22.4. The minimum Gasteiger partial charge on any atom is -0.493 e. The Bertz CT molecular complexity index is 1060. The number of nitrogens with one attached hydrogen (secondary N) is 2. The largest absolute Gasteiger partial charge is 0.493 e. The number of hydrogen-bond donors (Lipinski definition) is 2. The average Bonchev–Trinajstić information content (AvgIpc) is 3.26. The van der Waals surface area contributed by atoms with Crippen LogP contribution in [0.3, 0.4) is 0 Å². The monoisotopic (exact) mass is 484 g/mol. The van der Waals surface area contributed by atoms with Gasteiger partial charge in [-0.2, -0.15) is 5.10 Å². The fourth-order valence-electron chi connectivity index (χ4n) is 3.10. The molecule has 0 saturated carbocycles. The van der Waals surface area contributed by atoms with Crippen molar-refractivity contribution < 1.29 is 19.1 Å². The van der Waals surface area contributed by atoms with E-state index in [1.165, 1.54) is 5.01 Å². The SMILES string of the molecule is C#CNC(=O)Nc1ccc(C2=NN(C(=O)Cc3cc(OC)c(OC)cc3Br)CC2)cc1. The Labute approximate surface area is 188 Å². The quantitative estimate of drug-likeness (QED) is 0.485. The molecule has 3 amide bonds. The molecule has 0 aliphatic carbocycles. The minimum absolute atomic E-state index is 0.118. The van der Waals surface area contributed by atoms with Crippen LogP contribution in [0.15, 0.2) is 46.0 Å². The highest BCUT2D eigenvalue weighted by molar-refractivity contribution is 9.10. The van der Waals surface area contributed by atoms with Gasteiger partial charge in [-0.05, 0) is 35.4 Å². The van der Waals surface area contributed by atoms with Crippen molar-refractivity contribution in [2.75, 3.05) is 26.1 Å². The lowest BCUT2D eigenvalue weighted by Gasteiger charge is -2.14. The average molecular weight is 485 g/mol. The van der Waals surface area contributed by atoms with Crippen molar-refractivity contribution in [1.29, 1.82) is 0 Å². The molecular weight excluding hydrogens is 464 g/mol. The molecule has 0 unspecified atom stereocenters. The number of anilines is 1. The lowest BCUT2D eigenvalue weighted by molar-refractivity contribution is -0.130. The third-order valence-corrected chi connectivity index (χ3v) is 5.38. The molecular formula is C22H21BrN4O4. The van der Waals surface area contributed by atoms with Gasteiger partial charge in [0.2, 0.25) is 5.91 Å². The summed E-state index contributed by atoms with van der Waals surface area (Å²) in [6.45, 7) is 0.504. The molecule has 9 heteroatoms. The molecule has 0 fully saturated rings. The zero-order valence-electron chi connectivity index (χ0n) is 17.1. The summed E-state index contributed by atoms with van der Waals surface area (Å²) >= 11 is 3.48. The van der Waals surface area contributed by atoms with Gasteiger partial charge in [-0.15, -0.1) is 0 Å². The predicted octanol–water partition coefficient (Wildman–Crippen LogP) is 3.36. The van der Waals surface area contributed by atoms with E-state index in [-0.39, 0.29) is 12.3 Å². The normalized spacial score (nSPS) is 12.6. The van der Waals surface area contributed by atoms with Gasteiger partial charge in [-0.1, -0.05) is 34.5 Å². The Balaban J connectivity index is 1.68. The first kappa shape index (κ1) is 22.2. The van der Waals surface area contributed by atoms with E-state index in [4.69, 9.17) is 15.9 Å². The molecule has 3 rings (SSSR count). The van der Waals surface area contributed by atoms with Crippen molar-refractivity contribution >= 4 is 39.3 Å². The van der Waals surface area contributed by atoms with Gasteiger partial charge in [-0.3, -0.25) is 10.1 Å². The third-order valence-electron chi connectivity index (χ3n) is 4.65. The van der Waals surface area contributed by atoms with Crippen LogP contribution in [-0.4, -0.2) is 43.4 Å². The third kappa shape index (κ3) is 5.35. The second-order valence-electron chi connectivity index (χ2n) is 6.59. The van der Waals surface area contributed by atoms with Crippen molar-refractivity contribution in [2.24, 2.45) is 5.10 Å². The second kappa shape index (κ2) is 10.00. The molecule has 160 valence electrons. The molecule has 2 aromatic carbocycles. The van der Waals surface area contributed by atoms with Gasteiger partial charge >= 0.3 is 6.03 Å². The molecule has 0 saturated heterocycles. The number of carbonyl (C=O) groups excluding carboxylic acids is 2. The smallest absolute Gasteiger partial charge is 0.330 e. The number of methoxy groups -OCH3 is 2. The van der Waals surface area contributed by atoms with Gasteiger partial charge < -0.3 is 14.8 Å². The van der Waals surface area contributed by atoms with E-state index in [9.17, 15) is 9.59 Å². The molecule has 1 aliphatic rings. The van der Waals surface area contributed by atoms with E-state index in [1.54, 1.807) is 38.5 Å². The number of terminal acetylenes is 1. The number of halogens is 1. The maximum atomic E-state index is 12.8. The highest BCUT2D eigenvalue weighted by Crippen LogP contribution is 2.33. The van der Waals surface area contributed by atoms with Gasteiger partial charge in [0.25, 0.3) is 0 Å². The number of amides is 3. The Morgan fingerprint density at radius 1 is 1.19 bits per heavy atom. The summed E-state index contributed by atoms with van der Waals surface area (Å²) in [6, 6.07) is 12.3. The van der Waals surface area contributed by atoms with Crippen LogP contribution in [0.2, 0.25) is 0 Å². The lowest BCUT2D eigenvalue weighted by Crippen LogP contribution is -2.25. The fraction of sp³-hybridized carbons (Fsp3) is 0.227. The van der Waals surface area contributed by atoms with Crippen LogP contribution in [0.1, 0.15) is 17.5 Å². The van der Waals surface area contributed by atoms with Gasteiger partial charge in [0.1, 0.15) is 0 Å². The number of ether oxygens (including phenoxy) is 2. The molecule has 0 aromatic heterocycles. The van der Waals surface area contributed by atoms with Crippen molar-refractivity contribution in [3.8, 4) is 24.0 Å². The molecule has 8 nitrogen and oxygen atoms in total. The molecule has 0 atom stereocenters. The van der Waals surface area contributed by atoms with Crippen LogP contribution in [-0.2, 0) is 11.2 Å². The Morgan fingerprint density at radius 3 is 2.52 bits per heavy atom. The molecule has 1 heterocycles. The van der Waals surface area contributed by atoms with Crippen LogP contribution in [0.5, 0.6) is 11.5 Å². The van der Waals surface area contributed by atoms with Crippen LogP contribution < -0.4 is 20.1 Å². The van der Waals surface area contributed by atoms with Crippen molar-refractivity contribution in [2.45, 2.75) is 12.8 Å². The molecule has 2 N–H and O–H groups in total. The maximum absolute atomic E-state index is 12.8.